The van der Waals surface area contributed by atoms with Crippen LogP contribution in [0, 0.1) is 0 Å². The van der Waals surface area contributed by atoms with Gasteiger partial charge in [0.2, 0.25) is 5.91 Å². The number of methoxy groups -OCH3 is 1. The molecule has 0 aliphatic carbocycles. The number of rotatable bonds is 4. The number of ether oxygens (including phenoxy) is 1. The van der Waals surface area contributed by atoms with E-state index in [1.54, 1.807) is 0 Å². The van der Waals surface area contributed by atoms with Crippen LogP contribution in [-0.2, 0) is 9.53 Å². The Labute approximate surface area is 72.3 Å². The highest BCUT2D eigenvalue weighted by atomic mass is 16.5. The predicted molar refractivity (Wildman–Crippen MR) is 44.7 cm³/mol. The Kier molecular flexibility index (Phi) is 6.05. The highest BCUT2D eigenvalue weighted by Gasteiger charge is 2.05. The second-order valence-electron chi connectivity index (χ2n) is 2.50. The van der Waals surface area contributed by atoms with Crippen molar-refractivity contribution < 1.29 is 14.3 Å². The minimum atomic E-state index is -0.684. The number of hydrogen-bond donors (Lipinski definition) is 1. The SMILES string of the molecule is CCCCCC(=O)NC(=O)OC. The van der Waals surface area contributed by atoms with Crippen LogP contribution < -0.4 is 5.32 Å². The minimum absolute atomic E-state index is 0.268. The second kappa shape index (κ2) is 6.64. The summed E-state index contributed by atoms with van der Waals surface area (Å²) >= 11 is 0. The van der Waals surface area contributed by atoms with E-state index >= 15 is 0 Å². The Morgan fingerprint density at radius 2 is 2.00 bits per heavy atom. The molecule has 0 saturated carbocycles. The molecule has 0 unspecified atom stereocenters. The van der Waals surface area contributed by atoms with Gasteiger partial charge in [-0.05, 0) is 6.42 Å². The zero-order chi connectivity index (χ0) is 9.40. The fraction of sp³-hybridized carbons (Fsp3) is 0.750. The van der Waals surface area contributed by atoms with Crippen LogP contribution in [0.2, 0.25) is 0 Å². The van der Waals surface area contributed by atoms with Gasteiger partial charge in [-0.2, -0.15) is 0 Å². The average molecular weight is 173 g/mol. The molecule has 0 aromatic rings. The molecule has 0 fully saturated rings. The van der Waals surface area contributed by atoms with Crippen LogP contribution in [0.25, 0.3) is 0 Å². The summed E-state index contributed by atoms with van der Waals surface area (Å²) in [7, 11) is 1.23. The van der Waals surface area contributed by atoms with E-state index in [2.05, 4.69) is 17.0 Å². The summed E-state index contributed by atoms with van der Waals surface area (Å²) in [5, 5.41) is 2.09. The van der Waals surface area contributed by atoms with Crippen molar-refractivity contribution in [1.29, 1.82) is 0 Å². The Hall–Kier alpha value is -1.06. The molecule has 4 nitrogen and oxygen atoms in total. The molecule has 0 heterocycles. The number of hydrogen-bond acceptors (Lipinski definition) is 3. The molecule has 0 spiro atoms. The van der Waals surface area contributed by atoms with Gasteiger partial charge in [0.15, 0.2) is 0 Å². The summed E-state index contributed by atoms with van der Waals surface area (Å²) in [5.74, 6) is -0.268. The number of unbranched alkanes of at least 4 members (excludes halogenated alkanes) is 2. The second-order valence-corrected chi connectivity index (χ2v) is 2.50. The first-order valence-electron chi connectivity index (χ1n) is 4.08. The third-order valence-corrected chi connectivity index (χ3v) is 1.43. The number of alkyl carbamates (subject to hydrolysis) is 1. The molecule has 0 bridgehead atoms. The van der Waals surface area contributed by atoms with Crippen LogP contribution in [0.1, 0.15) is 32.6 Å². The minimum Gasteiger partial charge on any atom is -0.453 e. The molecule has 1 N–H and O–H groups in total. The van der Waals surface area contributed by atoms with Gasteiger partial charge in [0, 0.05) is 6.42 Å². The summed E-state index contributed by atoms with van der Waals surface area (Å²) in [6.45, 7) is 2.05. The molecular weight excluding hydrogens is 158 g/mol. The molecule has 0 radical (unpaired) electrons. The standard InChI is InChI=1S/C8H15NO3/c1-3-4-5-6-7(10)9-8(11)12-2/h3-6H2,1-2H3,(H,9,10,11). The van der Waals surface area contributed by atoms with Crippen LogP contribution in [0.3, 0.4) is 0 Å². The summed E-state index contributed by atoms with van der Waals surface area (Å²) in [6, 6.07) is 0. The third-order valence-electron chi connectivity index (χ3n) is 1.43. The van der Waals surface area contributed by atoms with Crippen molar-refractivity contribution in [2.24, 2.45) is 0 Å². The van der Waals surface area contributed by atoms with Crippen molar-refractivity contribution in [3.63, 3.8) is 0 Å². The third kappa shape index (κ3) is 5.70. The van der Waals surface area contributed by atoms with E-state index in [0.29, 0.717) is 6.42 Å². The van der Waals surface area contributed by atoms with Gasteiger partial charge in [-0.3, -0.25) is 10.1 Å². The van der Waals surface area contributed by atoms with Crippen LogP contribution in [0.15, 0.2) is 0 Å². The van der Waals surface area contributed by atoms with Crippen molar-refractivity contribution in [3.8, 4) is 0 Å². The molecule has 70 valence electrons. The first kappa shape index (κ1) is 10.9. The van der Waals surface area contributed by atoms with Gasteiger partial charge in [-0.1, -0.05) is 19.8 Å². The first-order chi connectivity index (χ1) is 5.70. The monoisotopic (exact) mass is 173 g/mol. The van der Waals surface area contributed by atoms with Gasteiger partial charge >= 0.3 is 6.09 Å². The van der Waals surface area contributed by atoms with E-state index < -0.39 is 6.09 Å². The highest BCUT2D eigenvalue weighted by Crippen LogP contribution is 1.98. The molecule has 0 aliphatic heterocycles. The van der Waals surface area contributed by atoms with Gasteiger partial charge in [0.1, 0.15) is 0 Å². The Bertz CT molecular complexity index is 156. The lowest BCUT2D eigenvalue weighted by Gasteiger charge is -2.00. The average Bonchev–Trinajstić information content (AvgIpc) is 2.05. The fourth-order valence-corrected chi connectivity index (χ4v) is 0.763. The predicted octanol–water partition coefficient (Wildman–Crippen LogP) is 1.45. The fourth-order valence-electron chi connectivity index (χ4n) is 0.763. The molecule has 0 aromatic carbocycles. The summed E-state index contributed by atoms with van der Waals surface area (Å²) in [4.78, 5) is 21.4. The number of carbonyl (C=O) groups excluding carboxylic acids is 2. The van der Waals surface area contributed by atoms with Crippen LogP contribution in [0.5, 0.6) is 0 Å². The van der Waals surface area contributed by atoms with E-state index in [9.17, 15) is 9.59 Å². The smallest absolute Gasteiger partial charge is 0.413 e. The van der Waals surface area contributed by atoms with Crippen molar-refractivity contribution in [2.45, 2.75) is 32.6 Å². The normalized spacial score (nSPS) is 9.17. The largest absolute Gasteiger partial charge is 0.453 e. The Morgan fingerprint density at radius 1 is 1.33 bits per heavy atom. The van der Waals surface area contributed by atoms with E-state index in [0.717, 1.165) is 19.3 Å². The maximum Gasteiger partial charge on any atom is 0.413 e. The van der Waals surface area contributed by atoms with Crippen molar-refractivity contribution in [2.75, 3.05) is 7.11 Å². The van der Waals surface area contributed by atoms with Crippen LogP contribution >= 0.6 is 0 Å². The van der Waals surface area contributed by atoms with Crippen molar-refractivity contribution in [1.82, 2.24) is 5.32 Å². The Balaban J connectivity index is 3.40. The van der Waals surface area contributed by atoms with E-state index in [1.165, 1.54) is 7.11 Å². The molecule has 4 heteroatoms. The van der Waals surface area contributed by atoms with Gasteiger partial charge < -0.3 is 4.74 Å². The maximum absolute atomic E-state index is 10.9. The molecule has 2 amide bonds. The quantitative estimate of drug-likeness (QED) is 0.654. The molecular formula is C8H15NO3. The zero-order valence-corrected chi connectivity index (χ0v) is 7.55. The molecule has 0 aliphatic rings. The molecule has 0 atom stereocenters. The lowest BCUT2D eigenvalue weighted by molar-refractivity contribution is -0.120. The molecule has 12 heavy (non-hydrogen) atoms. The van der Waals surface area contributed by atoms with Gasteiger partial charge in [-0.25, -0.2) is 4.79 Å². The number of amides is 2. The van der Waals surface area contributed by atoms with Gasteiger partial charge in [-0.15, -0.1) is 0 Å². The van der Waals surface area contributed by atoms with Crippen molar-refractivity contribution >= 4 is 12.0 Å². The molecule has 0 aromatic heterocycles. The topological polar surface area (TPSA) is 55.4 Å². The first-order valence-corrected chi connectivity index (χ1v) is 4.08. The zero-order valence-electron chi connectivity index (χ0n) is 7.55. The lowest BCUT2D eigenvalue weighted by Crippen LogP contribution is -2.29. The van der Waals surface area contributed by atoms with E-state index in [4.69, 9.17) is 0 Å². The van der Waals surface area contributed by atoms with E-state index in [-0.39, 0.29) is 5.91 Å². The highest BCUT2D eigenvalue weighted by molar-refractivity contribution is 5.91. The van der Waals surface area contributed by atoms with Gasteiger partial charge in [0.05, 0.1) is 7.11 Å². The molecule has 0 saturated heterocycles. The van der Waals surface area contributed by atoms with E-state index in [1.807, 2.05) is 0 Å². The number of nitrogens with one attached hydrogen (secondary N) is 1. The lowest BCUT2D eigenvalue weighted by atomic mass is 10.2. The van der Waals surface area contributed by atoms with Crippen LogP contribution in [0.4, 0.5) is 4.79 Å². The summed E-state index contributed by atoms with van der Waals surface area (Å²) < 4.78 is 4.26. The number of carbonyl (C=O) groups is 2. The van der Waals surface area contributed by atoms with Crippen molar-refractivity contribution in [3.05, 3.63) is 0 Å². The van der Waals surface area contributed by atoms with Crippen LogP contribution in [-0.4, -0.2) is 19.1 Å². The maximum atomic E-state index is 10.9. The summed E-state index contributed by atoms with van der Waals surface area (Å²) in [6.07, 6.45) is 2.60. The Morgan fingerprint density at radius 3 is 2.50 bits per heavy atom. The summed E-state index contributed by atoms with van der Waals surface area (Å²) in [5.41, 5.74) is 0. The van der Waals surface area contributed by atoms with Gasteiger partial charge in [0.25, 0.3) is 0 Å². The molecule has 0 rings (SSSR count). The number of imide groups is 1.